The van der Waals surface area contributed by atoms with E-state index in [9.17, 15) is 13.6 Å². The van der Waals surface area contributed by atoms with Crippen LogP contribution in [0.2, 0.25) is 0 Å². The van der Waals surface area contributed by atoms with Crippen LogP contribution < -0.4 is 10.2 Å². The number of aromatic nitrogens is 2. The van der Waals surface area contributed by atoms with Crippen LogP contribution in [0.25, 0.3) is 0 Å². The van der Waals surface area contributed by atoms with E-state index in [4.69, 9.17) is 0 Å². The lowest BCUT2D eigenvalue weighted by Crippen LogP contribution is -2.49. The standard InChI is InChI=1S/C21H19F2N5O/c22-16-4-3-5-17(23)20(16)26-15-7-9-24-18(14-15)21(29)28-12-10-27(11-13-28)19-6-1-2-8-25-19/h1-9,14H,10-13H2,(H,24,26). The molecule has 1 aliphatic heterocycles. The van der Waals surface area contributed by atoms with Crippen molar-refractivity contribution in [2.45, 2.75) is 0 Å². The molecule has 0 atom stereocenters. The van der Waals surface area contributed by atoms with Crippen molar-refractivity contribution in [1.82, 2.24) is 14.9 Å². The SMILES string of the molecule is O=C(c1cc(Nc2c(F)cccc2F)ccn1)N1CCN(c2ccccn2)CC1. The topological polar surface area (TPSA) is 61.4 Å². The third-order valence-electron chi connectivity index (χ3n) is 4.75. The summed E-state index contributed by atoms with van der Waals surface area (Å²) in [4.78, 5) is 25.1. The van der Waals surface area contributed by atoms with Crippen molar-refractivity contribution in [2.75, 3.05) is 36.4 Å². The number of piperazine rings is 1. The van der Waals surface area contributed by atoms with Gasteiger partial charge in [0.25, 0.3) is 5.91 Å². The summed E-state index contributed by atoms with van der Waals surface area (Å²) in [5.41, 5.74) is 0.346. The molecule has 0 radical (unpaired) electrons. The minimum Gasteiger partial charge on any atom is -0.353 e. The number of halogens is 2. The highest BCUT2D eigenvalue weighted by atomic mass is 19.1. The quantitative estimate of drug-likeness (QED) is 0.733. The first kappa shape index (κ1) is 18.8. The van der Waals surface area contributed by atoms with Crippen molar-refractivity contribution in [2.24, 2.45) is 0 Å². The van der Waals surface area contributed by atoms with Crippen LogP contribution in [-0.2, 0) is 0 Å². The second-order valence-electron chi connectivity index (χ2n) is 6.62. The molecular weight excluding hydrogens is 376 g/mol. The normalized spacial score (nSPS) is 14.0. The third-order valence-corrected chi connectivity index (χ3v) is 4.75. The van der Waals surface area contributed by atoms with Crippen molar-refractivity contribution in [3.63, 3.8) is 0 Å². The van der Waals surface area contributed by atoms with Gasteiger partial charge in [0.2, 0.25) is 0 Å². The Morgan fingerprint density at radius 2 is 1.66 bits per heavy atom. The number of nitrogens with zero attached hydrogens (tertiary/aromatic N) is 4. The predicted octanol–water partition coefficient (Wildman–Crippen LogP) is 3.46. The lowest BCUT2D eigenvalue weighted by atomic mass is 10.2. The van der Waals surface area contributed by atoms with Gasteiger partial charge in [0.05, 0.1) is 0 Å². The minimum atomic E-state index is -0.708. The first-order valence-corrected chi connectivity index (χ1v) is 9.24. The summed E-state index contributed by atoms with van der Waals surface area (Å²) in [7, 11) is 0. The monoisotopic (exact) mass is 395 g/mol. The van der Waals surface area contributed by atoms with Gasteiger partial charge in [0.15, 0.2) is 0 Å². The number of nitrogens with one attached hydrogen (secondary N) is 1. The molecule has 29 heavy (non-hydrogen) atoms. The molecule has 1 aromatic carbocycles. The number of carbonyl (C=O) groups excluding carboxylic acids is 1. The number of benzene rings is 1. The van der Waals surface area contributed by atoms with Crippen LogP contribution >= 0.6 is 0 Å². The molecule has 1 aliphatic rings. The Kier molecular flexibility index (Phi) is 5.33. The summed E-state index contributed by atoms with van der Waals surface area (Å²) in [6.07, 6.45) is 3.19. The average Bonchev–Trinajstić information content (AvgIpc) is 2.77. The second-order valence-corrected chi connectivity index (χ2v) is 6.62. The Morgan fingerprint density at radius 3 is 2.34 bits per heavy atom. The first-order valence-electron chi connectivity index (χ1n) is 9.24. The number of hydrogen-bond acceptors (Lipinski definition) is 5. The molecule has 4 rings (SSSR count). The first-order chi connectivity index (χ1) is 14.1. The minimum absolute atomic E-state index is 0.219. The van der Waals surface area contributed by atoms with Crippen molar-refractivity contribution in [3.05, 3.63) is 78.3 Å². The summed E-state index contributed by atoms with van der Waals surface area (Å²) in [6, 6.07) is 12.4. The van der Waals surface area contributed by atoms with Crippen LogP contribution in [0.5, 0.6) is 0 Å². The smallest absolute Gasteiger partial charge is 0.272 e. The summed E-state index contributed by atoms with van der Waals surface area (Å²) < 4.78 is 27.7. The van der Waals surface area contributed by atoms with Crippen molar-refractivity contribution < 1.29 is 13.6 Å². The Balaban J connectivity index is 1.44. The molecule has 0 saturated carbocycles. The van der Waals surface area contributed by atoms with Gasteiger partial charge in [0.1, 0.15) is 28.8 Å². The summed E-state index contributed by atoms with van der Waals surface area (Å²) >= 11 is 0. The average molecular weight is 395 g/mol. The van der Waals surface area contributed by atoms with Crippen LogP contribution in [0.15, 0.2) is 60.9 Å². The molecule has 3 aromatic rings. The molecule has 3 heterocycles. The van der Waals surface area contributed by atoms with Crippen LogP contribution in [0, 0.1) is 11.6 Å². The molecule has 0 unspecified atom stereocenters. The van der Waals surface area contributed by atoms with E-state index in [1.165, 1.54) is 30.5 Å². The highest BCUT2D eigenvalue weighted by Crippen LogP contribution is 2.23. The zero-order valence-corrected chi connectivity index (χ0v) is 15.6. The summed E-state index contributed by atoms with van der Waals surface area (Å²) in [6.45, 7) is 2.41. The molecule has 8 heteroatoms. The molecule has 1 fully saturated rings. The fourth-order valence-corrected chi connectivity index (χ4v) is 3.23. The molecule has 1 N–H and O–H groups in total. The number of hydrogen-bond donors (Lipinski definition) is 1. The zero-order chi connectivity index (χ0) is 20.2. The molecule has 6 nitrogen and oxygen atoms in total. The van der Waals surface area contributed by atoms with Gasteiger partial charge in [-0.25, -0.2) is 13.8 Å². The van der Waals surface area contributed by atoms with Gasteiger partial charge in [-0.1, -0.05) is 12.1 Å². The predicted molar refractivity (Wildman–Crippen MR) is 106 cm³/mol. The van der Waals surface area contributed by atoms with E-state index in [2.05, 4.69) is 20.2 Å². The van der Waals surface area contributed by atoms with E-state index in [1.807, 2.05) is 18.2 Å². The van der Waals surface area contributed by atoms with Crippen molar-refractivity contribution >= 4 is 23.1 Å². The van der Waals surface area contributed by atoms with Gasteiger partial charge in [0, 0.05) is 44.3 Å². The van der Waals surface area contributed by atoms with Gasteiger partial charge in [-0.05, 0) is 36.4 Å². The Hall–Kier alpha value is -3.55. The number of amides is 1. The Morgan fingerprint density at radius 1 is 0.897 bits per heavy atom. The maximum atomic E-state index is 13.9. The number of pyridine rings is 2. The van der Waals surface area contributed by atoms with Gasteiger partial charge in [-0.15, -0.1) is 0 Å². The Labute approximate surface area is 166 Å². The number of anilines is 3. The molecule has 1 amide bonds. The maximum absolute atomic E-state index is 13.9. The molecule has 1 saturated heterocycles. The van der Waals surface area contributed by atoms with Crippen LogP contribution in [0.1, 0.15) is 10.5 Å². The molecule has 2 aromatic heterocycles. The summed E-state index contributed by atoms with van der Waals surface area (Å²) in [5, 5.41) is 2.69. The molecule has 0 spiro atoms. The van der Waals surface area contributed by atoms with E-state index < -0.39 is 11.6 Å². The lowest BCUT2D eigenvalue weighted by Gasteiger charge is -2.35. The maximum Gasteiger partial charge on any atom is 0.272 e. The summed E-state index contributed by atoms with van der Waals surface area (Å²) in [5.74, 6) is -0.750. The number of carbonyl (C=O) groups is 1. The zero-order valence-electron chi connectivity index (χ0n) is 15.6. The van der Waals surface area contributed by atoms with E-state index in [0.717, 1.165) is 5.82 Å². The highest BCUT2D eigenvalue weighted by Gasteiger charge is 2.24. The number of para-hydroxylation sites is 1. The van der Waals surface area contributed by atoms with Gasteiger partial charge in [-0.3, -0.25) is 9.78 Å². The van der Waals surface area contributed by atoms with Gasteiger partial charge >= 0.3 is 0 Å². The van der Waals surface area contributed by atoms with Gasteiger partial charge in [-0.2, -0.15) is 0 Å². The van der Waals surface area contributed by atoms with Crippen molar-refractivity contribution in [1.29, 1.82) is 0 Å². The van der Waals surface area contributed by atoms with Crippen molar-refractivity contribution in [3.8, 4) is 0 Å². The van der Waals surface area contributed by atoms with Gasteiger partial charge < -0.3 is 15.1 Å². The fraction of sp³-hybridized carbons (Fsp3) is 0.190. The molecule has 0 bridgehead atoms. The second kappa shape index (κ2) is 8.22. The van der Waals surface area contributed by atoms with E-state index >= 15 is 0 Å². The molecular formula is C21H19F2N5O. The largest absolute Gasteiger partial charge is 0.353 e. The van der Waals surface area contributed by atoms with Crippen LogP contribution in [-0.4, -0.2) is 47.0 Å². The third kappa shape index (κ3) is 4.16. The fourth-order valence-electron chi connectivity index (χ4n) is 3.23. The van der Waals surface area contributed by atoms with E-state index in [1.54, 1.807) is 17.2 Å². The molecule has 148 valence electrons. The lowest BCUT2D eigenvalue weighted by molar-refractivity contribution is 0.0740. The Bertz CT molecular complexity index is 987. The molecule has 0 aliphatic carbocycles. The number of rotatable bonds is 4. The van der Waals surface area contributed by atoms with E-state index in [0.29, 0.717) is 31.9 Å². The van der Waals surface area contributed by atoms with Crippen LogP contribution in [0.3, 0.4) is 0 Å². The van der Waals surface area contributed by atoms with E-state index in [-0.39, 0.29) is 17.3 Å². The van der Waals surface area contributed by atoms with Crippen LogP contribution in [0.4, 0.5) is 26.0 Å². The highest BCUT2D eigenvalue weighted by molar-refractivity contribution is 5.93.